The molecule has 1 unspecified atom stereocenters. The van der Waals surface area contributed by atoms with E-state index in [1.54, 1.807) is 0 Å². The maximum absolute atomic E-state index is 12.6. The van der Waals surface area contributed by atoms with Gasteiger partial charge in [0.15, 0.2) is 0 Å². The maximum atomic E-state index is 12.6. The van der Waals surface area contributed by atoms with Crippen molar-refractivity contribution in [3.8, 4) is 0 Å². The number of nitrogens with one attached hydrogen (secondary N) is 1. The summed E-state index contributed by atoms with van der Waals surface area (Å²) in [6.45, 7) is 8.18. The summed E-state index contributed by atoms with van der Waals surface area (Å²) in [5.41, 5.74) is 0. The van der Waals surface area contributed by atoms with E-state index in [1.165, 1.54) is 38.5 Å². The molecular weight excluding hydrogens is 250 g/mol. The van der Waals surface area contributed by atoms with Gasteiger partial charge in [-0.1, -0.05) is 32.6 Å². The second-order valence-electron chi connectivity index (χ2n) is 6.18. The van der Waals surface area contributed by atoms with Crippen molar-refractivity contribution < 1.29 is 4.79 Å². The molecule has 0 aromatic rings. The first-order valence-electron chi connectivity index (χ1n) is 8.56. The molecule has 1 atom stereocenters. The Balaban J connectivity index is 1.73. The van der Waals surface area contributed by atoms with E-state index < -0.39 is 0 Å². The van der Waals surface area contributed by atoms with E-state index in [0.717, 1.165) is 45.7 Å². The van der Waals surface area contributed by atoms with Crippen LogP contribution in [0.2, 0.25) is 0 Å². The number of likely N-dealkylation sites (tertiary alicyclic amines) is 1. The number of hydrogen-bond donors (Lipinski definition) is 1. The van der Waals surface area contributed by atoms with Crippen LogP contribution in [0.15, 0.2) is 0 Å². The summed E-state index contributed by atoms with van der Waals surface area (Å²) in [4.78, 5) is 17.1. The van der Waals surface area contributed by atoms with Crippen LogP contribution in [0.1, 0.15) is 51.9 Å². The molecule has 2 heterocycles. The fourth-order valence-corrected chi connectivity index (χ4v) is 3.39. The highest BCUT2D eigenvalue weighted by molar-refractivity contribution is 5.82. The average molecular weight is 281 g/mol. The largest absolute Gasteiger partial charge is 0.339 e. The summed E-state index contributed by atoms with van der Waals surface area (Å²) >= 11 is 0. The predicted molar refractivity (Wildman–Crippen MR) is 82.8 cm³/mol. The monoisotopic (exact) mass is 281 g/mol. The number of rotatable bonds is 7. The van der Waals surface area contributed by atoms with Gasteiger partial charge in [-0.2, -0.15) is 0 Å². The van der Waals surface area contributed by atoms with Crippen LogP contribution in [-0.2, 0) is 4.79 Å². The number of nitrogens with zero attached hydrogens (tertiary/aromatic N) is 2. The molecule has 2 fully saturated rings. The minimum Gasteiger partial charge on any atom is -0.339 e. The number of hydrogen-bond acceptors (Lipinski definition) is 3. The molecule has 4 nitrogen and oxygen atoms in total. The third-order valence-corrected chi connectivity index (χ3v) is 4.63. The smallest absolute Gasteiger partial charge is 0.240 e. The van der Waals surface area contributed by atoms with Crippen molar-refractivity contribution in [1.29, 1.82) is 0 Å². The van der Waals surface area contributed by atoms with Crippen molar-refractivity contribution in [3.63, 3.8) is 0 Å². The minimum absolute atomic E-state index is 0.180. The number of carbonyl (C=O) groups excluding carboxylic acids is 1. The molecule has 0 aromatic heterocycles. The number of carbonyl (C=O) groups is 1. The maximum Gasteiger partial charge on any atom is 0.240 e. The second-order valence-corrected chi connectivity index (χ2v) is 6.18. The lowest BCUT2D eigenvalue weighted by Crippen LogP contribution is -2.52. The van der Waals surface area contributed by atoms with E-state index in [2.05, 4.69) is 22.0 Å². The Morgan fingerprint density at radius 3 is 2.60 bits per heavy atom. The number of unbranched alkanes of at least 4 members (excludes halogenated alkanes) is 4. The first-order valence-corrected chi connectivity index (χ1v) is 8.56. The van der Waals surface area contributed by atoms with Crippen molar-refractivity contribution in [1.82, 2.24) is 15.1 Å². The highest BCUT2D eigenvalue weighted by Gasteiger charge is 2.33. The van der Waals surface area contributed by atoms with Gasteiger partial charge in [0.2, 0.25) is 5.91 Å². The lowest BCUT2D eigenvalue weighted by molar-refractivity contribution is -0.136. The molecule has 0 bridgehead atoms. The van der Waals surface area contributed by atoms with Gasteiger partial charge in [0, 0.05) is 26.2 Å². The zero-order valence-electron chi connectivity index (χ0n) is 13.1. The van der Waals surface area contributed by atoms with Crippen molar-refractivity contribution in [2.24, 2.45) is 0 Å². The topological polar surface area (TPSA) is 35.6 Å². The van der Waals surface area contributed by atoms with Gasteiger partial charge in [-0.05, 0) is 32.4 Å². The molecule has 2 aliphatic rings. The molecule has 0 saturated carbocycles. The van der Waals surface area contributed by atoms with E-state index in [4.69, 9.17) is 0 Å². The molecular formula is C16H31N3O. The Hall–Kier alpha value is -0.610. The van der Waals surface area contributed by atoms with Crippen LogP contribution < -0.4 is 5.32 Å². The molecule has 2 aliphatic heterocycles. The molecule has 2 rings (SSSR count). The molecule has 2 saturated heterocycles. The summed E-state index contributed by atoms with van der Waals surface area (Å²) < 4.78 is 0. The Kier molecular flexibility index (Phi) is 6.80. The lowest BCUT2D eigenvalue weighted by atomic mass is 10.1. The third kappa shape index (κ3) is 4.45. The predicted octanol–water partition coefficient (Wildman–Crippen LogP) is 1.85. The minimum atomic E-state index is 0.180. The molecule has 20 heavy (non-hydrogen) atoms. The normalized spacial score (nSPS) is 24.2. The summed E-state index contributed by atoms with van der Waals surface area (Å²) in [7, 11) is 0. The van der Waals surface area contributed by atoms with Crippen molar-refractivity contribution in [2.75, 3.05) is 39.3 Å². The first kappa shape index (κ1) is 15.8. The van der Waals surface area contributed by atoms with Crippen LogP contribution in [0.3, 0.4) is 0 Å². The number of piperazine rings is 1. The molecule has 4 heteroatoms. The van der Waals surface area contributed by atoms with Gasteiger partial charge in [-0.3, -0.25) is 9.69 Å². The lowest BCUT2D eigenvalue weighted by Gasteiger charge is -2.33. The van der Waals surface area contributed by atoms with E-state index in [1.807, 2.05) is 0 Å². The van der Waals surface area contributed by atoms with Crippen molar-refractivity contribution in [3.05, 3.63) is 0 Å². The van der Waals surface area contributed by atoms with Crippen LogP contribution in [0.25, 0.3) is 0 Å². The Morgan fingerprint density at radius 2 is 1.85 bits per heavy atom. The highest BCUT2D eigenvalue weighted by atomic mass is 16.2. The van der Waals surface area contributed by atoms with Gasteiger partial charge in [0.25, 0.3) is 0 Å². The molecule has 0 aromatic carbocycles. The standard InChI is InChI=1S/C16H31N3O/c1-2-3-4-5-6-11-18-12-7-8-15(18)16(20)19-13-9-17-10-14-19/h15,17H,2-14H2,1H3. The summed E-state index contributed by atoms with van der Waals surface area (Å²) in [6.07, 6.45) is 8.83. The van der Waals surface area contributed by atoms with Gasteiger partial charge in [0.05, 0.1) is 6.04 Å². The van der Waals surface area contributed by atoms with Crippen LogP contribution in [-0.4, -0.2) is 61.0 Å². The van der Waals surface area contributed by atoms with E-state index in [0.29, 0.717) is 5.91 Å². The Labute approximate surface area is 123 Å². The average Bonchev–Trinajstić information content (AvgIpc) is 2.95. The van der Waals surface area contributed by atoms with Crippen molar-refractivity contribution >= 4 is 5.91 Å². The molecule has 0 radical (unpaired) electrons. The Bertz CT molecular complexity index is 289. The Morgan fingerprint density at radius 1 is 1.10 bits per heavy atom. The SMILES string of the molecule is CCCCCCCN1CCCC1C(=O)N1CCNCC1. The van der Waals surface area contributed by atoms with Crippen LogP contribution in [0.4, 0.5) is 0 Å². The summed E-state index contributed by atoms with van der Waals surface area (Å²) in [5, 5.41) is 3.32. The van der Waals surface area contributed by atoms with E-state index in [9.17, 15) is 4.79 Å². The second kappa shape index (κ2) is 8.63. The van der Waals surface area contributed by atoms with Gasteiger partial charge >= 0.3 is 0 Å². The molecule has 0 spiro atoms. The zero-order valence-corrected chi connectivity index (χ0v) is 13.1. The van der Waals surface area contributed by atoms with Gasteiger partial charge in [0.1, 0.15) is 0 Å². The quantitative estimate of drug-likeness (QED) is 0.724. The van der Waals surface area contributed by atoms with E-state index in [-0.39, 0.29) is 6.04 Å². The van der Waals surface area contributed by atoms with Crippen LogP contribution >= 0.6 is 0 Å². The zero-order chi connectivity index (χ0) is 14.2. The first-order chi connectivity index (χ1) is 9.83. The highest BCUT2D eigenvalue weighted by Crippen LogP contribution is 2.20. The van der Waals surface area contributed by atoms with Crippen LogP contribution in [0, 0.1) is 0 Å². The van der Waals surface area contributed by atoms with Crippen molar-refractivity contribution in [2.45, 2.75) is 57.9 Å². The number of amides is 1. The summed E-state index contributed by atoms with van der Waals surface area (Å²) in [6, 6.07) is 0.180. The van der Waals surface area contributed by atoms with Gasteiger partial charge in [-0.25, -0.2) is 0 Å². The molecule has 116 valence electrons. The van der Waals surface area contributed by atoms with Gasteiger partial charge < -0.3 is 10.2 Å². The van der Waals surface area contributed by atoms with Crippen LogP contribution in [0.5, 0.6) is 0 Å². The van der Waals surface area contributed by atoms with Gasteiger partial charge in [-0.15, -0.1) is 0 Å². The summed E-state index contributed by atoms with van der Waals surface area (Å²) in [5.74, 6) is 0.387. The molecule has 1 amide bonds. The molecule has 1 N–H and O–H groups in total. The third-order valence-electron chi connectivity index (χ3n) is 4.63. The van der Waals surface area contributed by atoms with E-state index >= 15 is 0 Å². The fourth-order valence-electron chi connectivity index (χ4n) is 3.39. The fraction of sp³-hybridized carbons (Fsp3) is 0.938. The molecule has 0 aliphatic carbocycles.